The highest BCUT2D eigenvalue weighted by atomic mass is 79.9. The summed E-state index contributed by atoms with van der Waals surface area (Å²) in [5, 5.41) is 0. The predicted molar refractivity (Wildman–Crippen MR) is 134 cm³/mol. The van der Waals surface area contributed by atoms with Crippen molar-refractivity contribution in [1.82, 2.24) is 4.57 Å². The van der Waals surface area contributed by atoms with E-state index in [2.05, 4.69) is 20.9 Å². The molecular formula is C25H23BrN2O5S. The number of thiazole rings is 1. The smallest absolute Gasteiger partial charge is 0.338 e. The first kappa shape index (κ1) is 24.0. The minimum atomic E-state index is -0.673. The lowest BCUT2D eigenvalue weighted by Crippen LogP contribution is -2.39. The summed E-state index contributed by atoms with van der Waals surface area (Å²) in [6.45, 7) is 3.73. The van der Waals surface area contributed by atoms with Gasteiger partial charge in [-0.1, -0.05) is 39.4 Å². The van der Waals surface area contributed by atoms with E-state index >= 15 is 0 Å². The van der Waals surface area contributed by atoms with Crippen molar-refractivity contribution >= 4 is 39.3 Å². The molecule has 1 aromatic heterocycles. The van der Waals surface area contributed by atoms with Crippen molar-refractivity contribution in [1.29, 1.82) is 0 Å². The number of benzene rings is 2. The van der Waals surface area contributed by atoms with Gasteiger partial charge in [0.25, 0.3) is 5.56 Å². The fourth-order valence-electron chi connectivity index (χ4n) is 3.85. The maximum absolute atomic E-state index is 13.7. The van der Waals surface area contributed by atoms with Crippen LogP contribution in [0.5, 0.6) is 11.5 Å². The Morgan fingerprint density at radius 1 is 1.18 bits per heavy atom. The number of allylic oxidation sites excluding steroid dienone is 1. The van der Waals surface area contributed by atoms with Crippen LogP contribution in [-0.2, 0) is 9.53 Å². The molecule has 1 atom stereocenters. The van der Waals surface area contributed by atoms with Crippen LogP contribution in [-0.4, -0.2) is 31.4 Å². The number of halogens is 1. The molecule has 1 unspecified atom stereocenters. The molecule has 7 nitrogen and oxygen atoms in total. The second kappa shape index (κ2) is 9.99. The Bertz CT molecular complexity index is 1450. The highest BCUT2D eigenvalue weighted by Gasteiger charge is 2.33. The molecule has 0 radical (unpaired) electrons. The molecule has 0 fully saturated rings. The first-order valence-electron chi connectivity index (χ1n) is 10.5. The number of hydrogen-bond acceptors (Lipinski definition) is 7. The van der Waals surface area contributed by atoms with E-state index in [-0.39, 0.29) is 12.2 Å². The molecule has 2 heterocycles. The van der Waals surface area contributed by atoms with Crippen molar-refractivity contribution in [3.63, 3.8) is 0 Å². The fourth-order valence-corrected chi connectivity index (χ4v) is 5.27. The third kappa shape index (κ3) is 4.45. The average Bonchev–Trinajstić information content (AvgIpc) is 3.13. The van der Waals surface area contributed by atoms with E-state index in [9.17, 15) is 9.59 Å². The SMILES string of the molecule is CCOC(=O)C1=C(C)N=c2s/c(=C\c3cc(Br)ccc3OC)c(=O)n2C1c1ccc(OC)cc1. The van der Waals surface area contributed by atoms with Crippen LogP contribution in [0.25, 0.3) is 6.08 Å². The molecule has 4 rings (SSSR count). The Morgan fingerprint density at radius 3 is 2.56 bits per heavy atom. The molecule has 0 amide bonds. The van der Waals surface area contributed by atoms with Crippen LogP contribution in [0.1, 0.15) is 31.0 Å². The number of methoxy groups -OCH3 is 2. The van der Waals surface area contributed by atoms with E-state index in [4.69, 9.17) is 14.2 Å². The van der Waals surface area contributed by atoms with Crippen LogP contribution in [0.4, 0.5) is 0 Å². The van der Waals surface area contributed by atoms with E-state index in [0.29, 0.717) is 32.1 Å². The van der Waals surface area contributed by atoms with Gasteiger partial charge in [-0.3, -0.25) is 9.36 Å². The number of hydrogen-bond donors (Lipinski definition) is 0. The van der Waals surface area contributed by atoms with Gasteiger partial charge in [0, 0.05) is 10.0 Å². The van der Waals surface area contributed by atoms with E-state index < -0.39 is 12.0 Å². The monoisotopic (exact) mass is 542 g/mol. The Balaban J connectivity index is 1.96. The lowest BCUT2D eigenvalue weighted by Gasteiger charge is -2.24. The van der Waals surface area contributed by atoms with Crippen molar-refractivity contribution in [2.75, 3.05) is 20.8 Å². The minimum absolute atomic E-state index is 0.220. The summed E-state index contributed by atoms with van der Waals surface area (Å²) in [5.41, 5.74) is 2.12. The van der Waals surface area contributed by atoms with Crippen LogP contribution in [0.15, 0.2) is 68.0 Å². The molecule has 0 aliphatic carbocycles. The van der Waals surface area contributed by atoms with Gasteiger partial charge in [0.1, 0.15) is 11.5 Å². The van der Waals surface area contributed by atoms with Gasteiger partial charge >= 0.3 is 5.97 Å². The standard InChI is InChI=1S/C25H23BrN2O5S/c1-5-33-24(30)21-14(2)27-25-28(22(21)15-6-9-18(31-3)10-7-15)23(29)20(34-25)13-16-12-17(26)8-11-19(16)32-4/h6-13,22H,5H2,1-4H3/b20-13-. The Kier molecular flexibility index (Phi) is 7.04. The maximum atomic E-state index is 13.7. The third-order valence-corrected chi connectivity index (χ3v) is 6.90. The molecule has 176 valence electrons. The highest BCUT2D eigenvalue weighted by Crippen LogP contribution is 2.31. The van der Waals surface area contributed by atoms with E-state index in [1.165, 1.54) is 11.3 Å². The van der Waals surface area contributed by atoms with Gasteiger partial charge in [-0.05, 0) is 55.8 Å². The second-order valence-corrected chi connectivity index (χ2v) is 9.39. The van der Waals surface area contributed by atoms with E-state index in [0.717, 1.165) is 15.6 Å². The summed E-state index contributed by atoms with van der Waals surface area (Å²) in [6.07, 6.45) is 1.78. The summed E-state index contributed by atoms with van der Waals surface area (Å²) in [7, 11) is 3.17. The van der Waals surface area contributed by atoms with E-state index in [1.54, 1.807) is 50.8 Å². The Labute approximate surface area is 208 Å². The van der Waals surface area contributed by atoms with Crippen molar-refractivity contribution in [2.24, 2.45) is 4.99 Å². The fraction of sp³-hybridized carbons (Fsp3) is 0.240. The third-order valence-electron chi connectivity index (χ3n) is 5.43. The average molecular weight is 543 g/mol. The van der Waals surface area contributed by atoms with Crippen LogP contribution in [0, 0.1) is 0 Å². The van der Waals surface area contributed by atoms with Crippen LogP contribution in [0.3, 0.4) is 0 Å². The number of rotatable bonds is 6. The van der Waals surface area contributed by atoms with Crippen LogP contribution < -0.4 is 24.4 Å². The number of carbonyl (C=O) groups excluding carboxylic acids is 1. The van der Waals surface area contributed by atoms with Gasteiger partial charge in [-0.25, -0.2) is 9.79 Å². The van der Waals surface area contributed by atoms with Crippen molar-refractivity contribution in [3.8, 4) is 11.5 Å². The molecule has 0 spiro atoms. The van der Waals surface area contributed by atoms with Gasteiger partial charge in [0.2, 0.25) is 0 Å². The zero-order valence-corrected chi connectivity index (χ0v) is 21.5. The number of fused-ring (bicyclic) bond motifs is 1. The van der Waals surface area contributed by atoms with Gasteiger partial charge in [-0.15, -0.1) is 0 Å². The van der Waals surface area contributed by atoms with Crippen molar-refractivity contribution in [2.45, 2.75) is 19.9 Å². The first-order chi connectivity index (χ1) is 16.4. The molecule has 1 aliphatic rings. The molecule has 0 N–H and O–H groups in total. The number of ether oxygens (including phenoxy) is 3. The van der Waals surface area contributed by atoms with Crippen LogP contribution in [0.2, 0.25) is 0 Å². The Hall–Kier alpha value is -3.17. The molecule has 0 bridgehead atoms. The molecule has 0 saturated carbocycles. The molecular weight excluding hydrogens is 520 g/mol. The molecule has 9 heteroatoms. The van der Waals surface area contributed by atoms with Crippen LogP contribution >= 0.6 is 27.3 Å². The summed E-state index contributed by atoms with van der Waals surface area (Å²) in [6, 6.07) is 12.2. The Morgan fingerprint density at radius 2 is 1.91 bits per heavy atom. The summed E-state index contributed by atoms with van der Waals surface area (Å²) in [4.78, 5) is 31.7. The number of aromatic nitrogens is 1. The van der Waals surface area contributed by atoms with Gasteiger partial charge in [0.05, 0.1) is 42.7 Å². The largest absolute Gasteiger partial charge is 0.497 e. The second-order valence-electron chi connectivity index (χ2n) is 7.46. The van der Waals surface area contributed by atoms with Gasteiger partial charge < -0.3 is 14.2 Å². The lowest BCUT2D eigenvalue weighted by molar-refractivity contribution is -0.139. The first-order valence-corrected chi connectivity index (χ1v) is 12.2. The zero-order chi connectivity index (χ0) is 24.4. The number of carbonyl (C=O) groups is 1. The number of esters is 1. The summed E-state index contributed by atoms with van der Waals surface area (Å²) < 4.78 is 19.0. The van der Waals surface area contributed by atoms with E-state index in [1.807, 2.05) is 30.3 Å². The minimum Gasteiger partial charge on any atom is -0.497 e. The van der Waals surface area contributed by atoms with Gasteiger partial charge in [0.15, 0.2) is 4.80 Å². The normalized spacial score (nSPS) is 15.6. The van der Waals surface area contributed by atoms with Gasteiger partial charge in [-0.2, -0.15) is 0 Å². The molecule has 3 aromatic rings. The van der Waals surface area contributed by atoms with Crippen molar-refractivity contribution < 1.29 is 19.0 Å². The topological polar surface area (TPSA) is 79.1 Å². The molecule has 0 saturated heterocycles. The summed E-state index contributed by atoms with van der Waals surface area (Å²) >= 11 is 4.74. The maximum Gasteiger partial charge on any atom is 0.338 e. The quantitative estimate of drug-likeness (QED) is 0.445. The molecule has 1 aliphatic heterocycles. The molecule has 2 aromatic carbocycles. The predicted octanol–water partition coefficient (Wildman–Crippen LogP) is 3.58. The lowest BCUT2D eigenvalue weighted by atomic mass is 9.96. The number of nitrogens with zero attached hydrogens (tertiary/aromatic N) is 2. The summed E-state index contributed by atoms with van der Waals surface area (Å²) in [5.74, 6) is 0.827. The highest BCUT2D eigenvalue weighted by molar-refractivity contribution is 9.10. The molecule has 34 heavy (non-hydrogen) atoms. The zero-order valence-electron chi connectivity index (χ0n) is 19.1. The van der Waals surface area contributed by atoms with Crippen molar-refractivity contribution in [3.05, 3.63) is 89.0 Å².